The molecule has 3 amide bonds. The van der Waals surface area contributed by atoms with E-state index in [-0.39, 0.29) is 25.3 Å². The summed E-state index contributed by atoms with van der Waals surface area (Å²) >= 11 is 0. The van der Waals surface area contributed by atoms with Gasteiger partial charge in [-0.25, -0.2) is 0 Å². The minimum absolute atomic E-state index is 0.116. The van der Waals surface area contributed by atoms with E-state index in [0.717, 1.165) is 0 Å². The standard InChI is InChI=1S/C13H24N4O4/c1-5-16-13(3,4)17-12(21)7-11(20)15-8-14-10(19)6-9(2)18/h16H,5-8H2,1-4H3,(H,14,19)(H,15,20)(H,17,21). The van der Waals surface area contributed by atoms with Crippen LogP contribution in [-0.2, 0) is 19.2 Å². The fourth-order valence-electron chi connectivity index (χ4n) is 1.62. The van der Waals surface area contributed by atoms with Crippen LogP contribution in [0.3, 0.4) is 0 Å². The first-order valence-electron chi connectivity index (χ1n) is 6.75. The van der Waals surface area contributed by atoms with Crippen LogP contribution in [0.1, 0.15) is 40.5 Å². The lowest BCUT2D eigenvalue weighted by atomic mass is 10.2. The van der Waals surface area contributed by atoms with Gasteiger partial charge in [-0.3, -0.25) is 24.5 Å². The average molecular weight is 300 g/mol. The summed E-state index contributed by atoms with van der Waals surface area (Å²) in [5, 5.41) is 10.4. The smallest absolute Gasteiger partial charge is 0.230 e. The molecule has 0 spiro atoms. The zero-order valence-corrected chi connectivity index (χ0v) is 13.0. The van der Waals surface area contributed by atoms with Crippen molar-refractivity contribution in [3.05, 3.63) is 0 Å². The lowest BCUT2D eigenvalue weighted by Gasteiger charge is -2.27. The highest BCUT2D eigenvalue weighted by atomic mass is 16.2. The number of carbonyl (C=O) groups excluding carboxylic acids is 4. The second-order valence-electron chi connectivity index (χ2n) is 5.14. The number of Topliss-reactive ketones (excluding diaryl/α,β-unsaturated/α-hetero) is 1. The Morgan fingerprint density at radius 3 is 1.90 bits per heavy atom. The highest BCUT2D eigenvalue weighted by Crippen LogP contribution is 1.96. The molecule has 0 atom stereocenters. The third-order valence-electron chi connectivity index (χ3n) is 2.37. The van der Waals surface area contributed by atoms with E-state index in [1.807, 2.05) is 6.92 Å². The average Bonchev–Trinajstić information content (AvgIpc) is 2.25. The number of carbonyl (C=O) groups is 4. The summed E-state index contributed by atoms with van der Waals surface area (Å²) in [7, 11) is 0. The Labute approximate surface area is 124 Å². The van der Waals surface area contributed by atoms with Crippen LogP contribution in [0.25, 0.3) is 0 Å². The van der Waals surface area contributed by atoms with Gasteiger partial charge in [-0.2, -0.15) is 0 Å². The maximum absolute atomic E-state index is 11.6. The molecule has 0 aliphatic rings. The predicted molar refractivity (Wildman–Crippen MR) is 77.0 cm³/mol. The molecule has 0 heterocycles. The molecular weight excluding hydrogens is 276 g/mol. The molecular formula is C13H24N4O4. The Bertz CT molecular complexity index is 407. The van der Waals surface area contributed by atoms with Crippen LogP contribution in [0.5, 0.6) is 0 Å². The Morgan fingerprint density at radius 1 is 0.905 bits per heavy atom. The predicted octanol–water partition coefficient (Wildman–Crippen LogP) is -0.993. The fourth-order valence-corrected chi connectivity index (χ4v) is 1.62. The summed E-state index contributed by atoms with van der Waals surface area (Å²) in [4.78, 5) is 45.0. The van der Waals surface area contributed by atoms with Gasteiger partial charge in [0.15, 0.2) is 0 Å². The maximum Gasteiger partial charge on any atom is 0.230 e. The zero-order valence-electron chi connectivity index (χ0n) is 13.0. The van der Waals surface area contributed by atoms with Gasteiger partial charge in [0.2, 0.25) is 17.7 Å². The second-order valence-corrected chi connectivity index (χ2v) is 5.14. The summed E-state index contributed by atoms with van der Waals surface area (Å²) in [6.45, 7) is 7.35. The molecule has 4 N–H and O–H groups in total. The normalized spacial score (nSPS) is 10.7. The van der Waals surface area contributed by atoms with Crippen LogP contribution in [-0.4, -0.2) is 42.4 Å². The zero-order chi connectivity index (χ0) is 16.5. The second kappa shape index (κ2) is 9.06. The first kappa shape index (κ1) is 19.0. The SMILES string of the molecule is CCNC(C)(C)NC(=O)CC(=O)NCNC(=O)CC(C)=O. The van der Waals surface area contributed by atoms with Gasteiger partial charge >= 0.3 is 0 Å². The van der Waals surface area contributed by atoms with Gasteiger partial charge < -0.3 is 16.0 Å². The molecule has 120 valence electrons. The van der Waals surface area contributed by atoms with Crippen molar-refractivity contribution >= 4 is 23.5 Å². The topological polar surface area (TPSA) is 116 Å². The van der Waals surface area contributed by atoms with E-state index in [2.05, 4.69) is 21.3 Å². The largest absolute Gasteiger partial charge is 0.338 e. The lowest BCUT2D eigenvalue weighted by molar-refractivity contribution is -0.130. The summed E-state index contributed by atoms with van der Waals surface area (Å²) in [6, 6.07) is 0. The van der Waals surface area contributed by atoms with Gasteiger partial charge in [0, 0.05) is 0 Å². The van der Waals surface area contributed by atoms with E-state index in [1.165, 1.54) is 6.92 Å². The van der Waals surface area contributed by atoms with Gasteiger partial charge in [0.1, 0.15) is 12.2 Å². The Morgan fingerprint density at radius 2 is 1.43 bits per heavy atom. The van der Waals surface area contributed by atoms with E-state index in [4.69, 9.17) is 0 Å². The number of rotatable bonds is 9. The van der Waals surface area contributed by atoms with E-state index in [9.17, 15) is 19.2 Å². The molecule has 0 aliphatic carbocycles. The van der Waals surface area contributed by atoms with E-state index < -0.39 is 23.4 Å². The van der Waals surface area contributed by atoms with Gasteiger partial charge in [-0.05, 0) is 27.3 Å². The maximum atomic E-state index is 11.6. The van der Waals surface area contributed by atoms with Crippen LogP contribution >= 0.6 is 0 Å². The van der Waals surface area contributed by atoms with Crippen LogP contribution in [0.15, 0.2) is 0 Å². The minimum atomic E-state index is -0.595. The number of hydrogen-bond donors (Lipinski definition) is 4. The van der Waals surface area contributed by atoms with Gasteiger partial charge in [-0.15, -0.1) is 0 Å². The van der Waals surface area contributed by atoms with E-state index in [0.29, 0.717) is 6.54 Å². The Hall–Kier alpha value is -1.96. The third-order valence-corrected chi connectivity index (χ3v) is 2.37. The van der Waals surface area contributed by atoms with Crippen molar-refractivity contribution in [3.63, 3.8) is 0 Å². The highest BCUT2D eigenvalue weighted by Gasteiger charge is 2.20. The fraction of sp³-hybridized carbons (Fsp3) is 0.692. The molecule has 0 aromatic heterocycles. The molecule has 0 saturated carbocycles. The summed E-state index contributed by atoms with van der Waals surface area (Å²) in [6.07, 6.45) is -0.565. The molecule has 8 heteroatoms. The van der Waals surface area contributed by atoms with Crippen LogP contribution in [0.2, 0.25) is 0 Å². The Kier molecular flexibility index (Phi) is 8.22. The quantitative estimate of drug-likeness (QED) is 0.322. The molecule has 0 bridgehead atoms. The molecule has 0 aromatic rings. The molecule has 0 aliphatic heterocycles. The van der Waals surface area contributed by atoms with Crippen molar-refractivity contribution < 1.29 is 19.2 Å². The van der Waals surface area contributed by atoms with Crippen molar-refractivity contribution in [3.8, 4) is 0 Å². The van der Waals surface area contributed by atoms with Crippen LogP contribution < -0.4 is 21.3 Å². The highest BCUT2D eigenvalue weighted by molar-refractivity contribution is 5.98. The molecule has 0 radical (unpaired) electrons. The number of ketones is 1. The number of amides is 3. The number of nitrogens with one attached hydrogen (secondary N) is 4. The third kappa shape index (κ3) is 10.5. The van der Waals surface area contributed by atoms with Gasteiger partial charge in [0.25, 0.3) is 0 Å². The summed E-state index contributed by atoms with van der Waals surface area (Å²) < 4.78 is 0. The molecule has 0 saturated heterocycles. The van der Waals surface area contributed by atoms with Crippen molar-refractivity contribution in [2.75, 3.05) is 13.2 Å². The van der Waals surface area contributed by atoms with Crippen molar-refractivity contribution in [1.29, 1.82) is 0 Å². The minimum Gasteiger partial charge on any atom is -0.338 e. The molecule has 0 aromatic carbocycles. The monoisotopic (exact) mass is 300 g/mol. The molecule has 0 unspecified atom stereocenters. The van der Waals surface area contributed by atoms with Crippen molar-refractivity contribution in [2.45, 2.75) is 46.2 Å². The van der Waals surface area contributed by atoms with E-state index >= 15 is 0 Å². The van der Waals surface area contributed by atoms with Crippen LogP contribution in [0, 0.1) is 0 Å². The van der Waals surface area contributed by atoms with Gasteiger partial charge in [0.05, 0.1) is 18.8 Å². The van der Waals surface area contributed by atoms with Gasteiger partial charge in [-0.1, -0.05) is 6.92 Å². The Balaban J connectivity index is 3.96. The van der Waals surface area contributed by atoms with Crippen LogP contribution in [0.4, 0.5) is 0 Å². The first-order valence-corrected chi connectivity index (χ1v) is 6.75. The summed E-state index contributed by atoms with van der Waals surface area (Å²) in [5.41, 5.74) is -0.595. The van der Waals surface area contributed by atoms with E-state index in [1.54, 1.807) is 13.8 Å². The molecule has 8 nitrogen and oxygen atoms in total. The summed E-state index contributed by atoms with van der Waals surface area (Å²) in [5.74, 6) is -1.67. The van der Waals surface area contributed by atoms with Crippen molar-refractivity contribution in [2.24, 2.45) is 0 Å². The number of hydrogen-bond acceptors (Lipinski definition) is 5. The molecule has 21 heavy (non-hydrogen) atoms. The molecule has 0 fully saturated rings. The lowest BCUT2D eigenvalue weighted by Crippen LogP contribution is -2.55. The molecule has 0 rings (SSSR count). The first-order chi connectivity index (χ1) is 9.66. The van der Waals surface area contributed by atoms with Crippen molar-refractivity contribution in [1.82, 2.24) is 21.3 Å².